The van der Waals surface area contributed by atoms with Crippen molar-refractivity contribution in [3.05, 3.63) is 57.9 Å². The Hall–Kier alpha value is -3.32. The molecule has 0 unspecified atom stereocenters. The number of methoxy groups -OCH3 is 1. The number of nitrogens with zero attached hydrogens (tertiary/aromatic N) is 1. The molecule has 0 fully saturated rings. The van der Waals surface area contributed by atoms with Gasteiger partial charge in [0.15, 0.2) is 11.5 Å². The first-order valence-corrected chi connectivity index (χ1v) is 9.42. The van der Waals surface area contributed by atoms with E-state index in [0.29, 0.717) is 41.2 Å². The molecule has 3 aromatic rings. The third kappa shape index (κ3) is 3.57. The van der Waals surface area contributed by atoms with E-state index in [4.69, 9.17) is 14.2 Å². The van der Waals surface area contributed by atoms with Crippen LogP contribution >= 0.6 is 11.3 Å². The van der Waals surface area contributed by atoms with E-state index < -0.39 is 5.97 Å². The van der Waals surface area contributed by atoms with Crippen LogP contribution in [0, 0.1) is 0 Å². The summed E-state index contributed by atoms with van der Waals surface area (Å²) < 4.78 is 16.6. The minimum absolute atomic E-state index is 0.214. The van der Waals surface area contributed by atoms with Gasteiger partial charge in [0.2, 0.25) is 5.75 Å². The number of ether oxygens (including phenoxy) is 3. The van der Waals surface area contributed by atoms with Gasteiger partial charge in [-0.25, -0.2) is 9.78 Å². The second-order valence-corrected chi connectivity index (χ2v) is 7.01. The second kappa shape index (κ2) is 7.74. The number of hydrogen-bond acceptors (Lipinski definition) is 6. The van der Waals surface area contributed by atoms with Gasteiger partial charge >= 0.3 is 5.97 Å². The molecule has 0 radical (unpaired) electrons. The van der Waals surface area contributed by atoms with Crippen molar-refractivity contribution in [2.45, 2.75) is 0 Å². The molecule has 1 aliphatic rings. The van der Waals surface area contributed by atoms with Crippen LogP contribution < -0.4 is 14.2 Å². The lowest BCUT2D eigenvalue weighted by Crippen LogP contribution is -2.16. The van der Waals surface area contributed by atoms with Crippen LogP contribution in [0.1, 0.15) is 20.2 Å². The Labute approximate surface area is 165 Å². The van der Waals surface area contributed by atoms with Crippen molar-refractivity contribution >= 4 is 29.5 Å². The summed E-state index contributed by atoms with van der Waals surface area (Å²) >= 11 is 1.14. The van der Waals surface area contributed by atoms with Crippen LogP contribution in [0.25, 0.3) is 23.4 Å². The fraction of sp³-hybridized carbons (Fsp3) is 0.143. The van der Waals surface area contributed by atoms with Crippen molar-refractivity contribution in [3.8, 4) is 28.5 Å². The largest absolute Gasteiger partial charge is 0.493 e. The third-order valence-electron chi connectivity index (χ3n) is 4.15. The number of aromatic carboxylic acids is 1. The molecule has 0 aliphatic carbocycles. The molecule has 0 saturated heterocycles. The molecule has 0 amide bonds. The van der Waals surface area contributed by atoms with Crippen LogP contribution in [0.15, 0.2) is 42.5 Å². The maximum absolute atomic E-state index is 11.6. The monoisotopic (exact) mass is 395 g/mol. The number of carbonyl (C=O) groups is 1. The maximum Gasteiger partial charge on any atom is 0.348 e. The van der Waals surface area contributed by atoms with E-state index in [2.05, 4.69) is 4.98 Å². The molecule has 2 aromatic carbocycles. The maximum atomic E-state index is 11.6. The van der Waals surface area contributed by atoms with Crippen LogP contribution in [0.3, 0.4) is 0 Å². The summed E-state index contributed by atoms with van der Waals surface area (Å²) in [7, 11) is 1.58. The standard InChI is InChI=1S/C21H17NO5S/c1-25-15-11-13(12-16-19(15)27-10-9-26-16)7-8-17-22-18(20(28-17)21(23)24)14-5-3-2-4-6-14/h2-8,11-12H,9-10H2,1H3,(H,23,24)/b8-7+. The third-order valence-corrected chi connectivity index (χ3v) is 5.16. The van der Waals surface area contributed by atoms with Gasteiger partial charge in [0.05, 0.1) is 12.8 Å². The molecule has 0 bridgehead atoms. The number of carboxylic acids is 1. The van der Waals surface area contributed by atoms with Crippen molar-refractivity contribution in [1.29, 1.82) is 0 Å². The topological polar surface area (TPSA) is 77.9 Å². The van der Waals surface area contributed by atoms with E-state index in [9.17, 15) is 9.90 Å². The number of thiazole rings is 1. The van der Waals surface area contributed by atoms with Gasteiger partial charge in [0, 0.05) is 5.56 Å². The van der Waals surface area contributed by atoms with Crippen LogP contribution in [-0.2, 0) is 0 Å². The van der Waals surface area contributed by atoms with Crippen molar-refractivity contribution in [3.63, 3.8) is 0 Å². The van der Waals surface area contributed by atoms with Gasteiger partial charge in [-0.15, -0.1) is 11.3 Å². The molecule has 0 atom stereocenters. The molecular weight excluding hydrogens is 378 g/mol. The predicted octanol–water partition coefficient (Wildman–Crippen LogP) is 4.46. The highest BCUT2D eigenvalue weighted by molar-refractivity contribution is 7.15. The van der Waals surface area contributed by atoms with E-state index in [1.807, 2.05) is 48.5 Å². The smallest absolute Gasteiger partial charge is 0.348 e. The summed E-state index contributed by atoms with van der Waals surface area (Å²) in [6.45, 7) is 0.968. The Balaban J connectivity index is 1.68. The van der Waals surface area contributed by atoms with Crippen LogP contribution in [0.4, 0.5) is 0 Å². The SMILES string of the molecule is COc1cc(/C=C/c2nc(-c3ccccc3)c(C(=O)O)s2)cc2c1OCCO2. The molecule has 1 aromatic heterocycles. The molecule has 2 heterocycles. The summed E-state index contributed by atoms with van der Waals surface area (Å²) in [4.78, 5) is 16.4. The molecule has 1 aliphatic heterocycles. The summed E-state index contributed by atoms with van der Waals surface area (Å²) in [5.74, 6) is 0.824. The lowest BCUT2D eigenvalue weighted by molar-refractivity contribution is 0.0702. The number of carboxylic acid groups (broad SMARTS) is 1. The fourth-order valence-electron chi connectivity index (χ4n) is 2.90. The molecule has 142 valence electrons. The highest BCUT2D eigenvalue weighted by Crippen LogP contribution is 2.41. The molecule has 6 nitrogen and oxygen atoms in total. The zero-order valence-corrected chi connectivity index (χ0v) is 15.9. The molecule has 7 heteroatoms. The van der Waals surface area contributed by atoms with Crippen molar-refractivity contribution in [1.82, 2.24) is 4.98 Å². The van der Waals surface area contributed by atoms with Gasteiger partial charge in [-0.1, -0.05) is 36.4 Å². The quantitative estimate of drug-likeness (QED) is 0.687. The molecule has 4 rings (SSSR count). The normalized spacial score (nSPS) is 12.9. The summed E-state index contributed by atoms with van der Waals surface area (Å²) in [5, 5.41) is 10.1. The molecule has 1 N–H and O–H groups in total. The average Bonchev–Trinajstić information content (AvgIpc) is 3.17. The highest BCUT2D eigenvalue weighted by Gasteiger charge is 2.19. The Bertz CT molecular complexity index is 1030. The summed E-state index contributed by atoms with van der Waals surface area (Å²) in [6.07, 6.45) is 3.63. The Morgan fingerprint density at radius 2 is 1.96 bits per heavy atom. The summed E-state index contributed by atoms with van der Waals surface area (Å²) in [6, 6.07) is 13.0. The van der Waals surface area contributed by atoms with Crippen molar-refractivity contribution in [2.24, 2.45) is 0 Å². The van der Waals surface area contributed by atoms with Crippen molar-refractivity contribution < 1.29 is 24.1 Å². The lowest BCUT2D eigenvalue weighted by atomic mass is 10.1. The second-order valence-electron chi connectivity index (χ2n) is 5.98. The lowest BCUT2D eigenvalue weighted by Gasteiger charge is -2.20. The Morgan fingerprint density at radius 3 is 2.71 bits per heavy atom. The van der Waals surface area contributed by atoms with Gasteiger partial charge in [0.25, 0.3) is 0 Å². The van der Waals surface area contributed by atoms with Crippen LogP contribution in [0.5, 0.6) is 17.2 Å². The van der Waals surface area contributed by atoms with Gasteiger partial charge in [0.1, 0.15) is 23.1 Å². The fourth-order valence-corrected chi connectivity index (χ4v) is 3.73. The first kappa shape index (κ1) is 18.1. The van der Waals surface area contributed by atoms with Gasteiger partial charge < -0.3 is 19.3 Å². The predicted molar refractivity (Wildman–Crippen MR) is 107 cm³/mol. The highest BCUT2D eigenvalue weighted by atomic mass is 32.1. The molecule has 0 spiro atoms. The Morgan fingerprint density at radius 1 is 1.18 bits per heavy atom. The minimum Gasteiger partial charge on any atom is -0.493 e. The number of fused-ring (bicyclic) bond motifs is 1. The van der Waals surface area contributed by atoms with E-state index in [1.54, 1.807) is 13.2 Å². The summed E-state index contributed by atoms with van der Waals surface area (Å²) in [5.41, 5.74) is 2.09. The van der Waals surface area contributed by atoms with Crippen LogP contribution in [-0.4, -0.2) is 36.4 Å². The first-order valence-electron chi connectivity index (χ1n) is 8.61. The van der Waals surface area contributed by atoms with E-state index in [1.165, 1.54) is 0 Å². The minimum atomic E-state index is -0.989. The molecular formula is C21H17NO5S. The zero-order chi connectivity index (χ0) is 19.5. The van der Waals surface area contributed by atoms with E-state index in [0.717, 1.165) is 22.5 Å². The van der Waals surface area contributed by atoms with Gasteiger partial charge in [-0.3, -0.25) is 0 Å². The molecule has 0 saturated carbocycles. The number of aromatic nitrogens is 1. The van der Waals surface area contributed by atoms with Gasteiger partial charge in [-0.2, -0.15) is 0 Å². The van der Waals surface area contributed by atoms with Crippen molar-refractivity contribution in [2.75, 3.05) is 20.3 Å². The average molecular weight is 395 g/mol. The van der Waals surface area contributed by atoms with E-state index >= 15 is 0 Å². The van der Waals surface area contributed by atoms with Gasteiger partial charge in [-0.05, 0) is 23.8 Å². The number of hydrogen-bond donors (Lipinski definition) is 1. The number of benzene rings is 2. The Kier molecular flexibility index (Phi) is 4.99. The number of rotatable bonds is 5. The van der Waals surface area contributed by atoms with E-state index in [-0.39, 0.29) is 4.88 Å². The first-order chi connectivity index (χ1) is 13.7. The van der Waals surface area contributed by atoms with Crippen LogP contribution in [0.2, 0.25) is 0 Å². The molecule has 28 heavy (non-hydrogen) atoms. The zero-order valence-electron chi connectivity index (χ0n) is 15.0.